The molecule has 1 fully saturated rings. The molecule has 0 amide bonds. The Kier molecular flexibility index (Phi) is 4.11. The SMILES string of the molecule is Cc1c(Cl)cccc1N1CC(C)NCC1CC#N. The Morgan fingerprint density at radius 1 is 1.56 bits per heavy atom. The summed E-state index contributed by atoms with van der Waals surface area (Å²) in [7, 11) is 0. The van der Waals surface area contributed by atoms with E-state index in [-0.39, 0.29) is 6.04 Å². The minimum Gasteiger partial charge on any atom is -0.364 e. The van der Waals surface area contributed by atoms with Gasteiger partial charge in [-0.1, -0.05) is 17.7 Å². The second-order valence-electron chi connectivity index (χ2n) is 4.86. The van der Waals surface area contributed by atoms with Gasteiger partial charge in [-0.3, -0.25) is 0 Å². The van der Waals surface area contributed by atoms with E-state index in [0.29, 0.717) is 12.5 Å². The summed E-state index contributed by atoms with van der Waals surface area (Å²) in [5.41, 5.74) is 2.24. The van der Waals surface area contributed by atoms with E-state index in [4.69, 9.17) is 16.9 Å². The number of nitriles is 1. The van der Waals surface area contributed by atoms with E-state index in [2.05, 4.69) is 29.3 Å². The summed E-state index contributed by atoms with van der Waals surface area (Å²) in [5.74, 6) is 0. The highest BCUT2D eigenvalue weighted by molar-refractivity contribution is 6.31. The largest absolute Gasteiger partial charge is 0.364 e. The molecule has 18 heavy (non-hydrogen) atoms. The van der Waals surface area contributed by atoms with Gasteiger partial charge in [0.05, 0.1) is 18.5 Å². The van der Waals surface area contributed by atoms with Crippen molar-refractivity contribution in [2.24, 2.45) is 0 Å². The van der Waals surface area contributed by atoms with Crippen LogP contribution >= 0.6 is 11.6 Å². The lowest BCUT2D eigenvalue weighted by atomic mass is 10.0. The fourth-order valence-electron chi connectivity index (χ4n) is 2.45. The summed E-state index contributed by atoms with van der Waals surface area (Å²) in [4.78, 5) is 2.31. The van der Waals surface area contributed by atoms with Gasteiger partial charge in [-0.25, -0.2) is 0 Å². The summed E-state index contributed by atoms with van der Waals surface area (Å²) < 4.78 is 0. The number of rotatable bonds is 2. The molecule has 4 heteroatoms. The number of nitrogens with one attached hydrogen (secondary N) is 1. The van der Waals surface area contributed by atoms with E-state index < -0.39 is 0 Å². The van der Waals surface area contributed by atoms with Crippen LogP contribution in [0.3, 0.4) is 0 Å². The predicted molar refractivity (Wildman–Crippen MR) is 75.0 cm³/mol. The van der Waals surface area contributed by atoms with Crippen LogP contribution in [0.5, 0.6) is 0 Å². The highest BCUT2D eigenvalue weighted by Crippen LogP contribution is 2.29. The molecule has 2 rings (SSSR count). The quantitative estimate of drug-likeness (QED) is 0.892. The van der Waals surface area contributed by atoms with Gasteiger partial charge in [0, 0.05) is 29.8 Å². The minimum absolute atomic E-state index is 0.225. The normalized spacial score (nSPS) is 23.8. The van der Waals surface area contributed by atoms with Gasteiger partial charge >= 0.3 is 0 Å². The topological polar surface area (TPSA) is 39.1 Å². The highest BCUT2D eigenvalue weighted by atomic mass is 35.5. The Hall–Kier alpha value is -1.24. The summed E-state index contributed by atoms with van der Waals surface area (Å²) in [6, 6.07) is 8.89. The van der Waals surface area contributed by atoms with Crippen LogP contribution in [0, 0.1) is 18.3 Å². The lowest BCUT2D eigenvalue weighted by Gasteiger charge is -2.41. The van der Waals surface area contributed by atoms with Crippen LogP contribution in [0.25, 0.3) is 0 Å². The van der Waals surface area contributed by atoms with Gasteiger partial charge in [-0.15, -0.1) is 0 Å². The maximum Gasteiger partial charge on any atom is 0.0643 e. The van der Waals surface area contributed by atoms with Crippen molar-refractivity contribution in [2.75, 3.05) is 18.0 Å². The van der Waals surface area contributed by atoms with E-state index in [0.717, 1.165) is 29.4 Å². The summed E-state index contributed by atoms with van der Waals surface area (Å²) in [6.07, 6.45) is 0.533. The molecule has 1 heterocycles. The molecule has 0 aromatic heterocycles. The number of hydrogen-bond acceptors (Lipinski definition) is 3. The molecule has 2 atom stereocenters. The fraction of sp³-hybridized carbons (Fsp3) is 0.500. The number of nitrogens with zero attached hydrogens (tertiary/aromatic N) is 2. The molecule has 1 aromatic carbocycles. The first-order valence-electron chi connectivity index (χ1n) is 6.25. The van der Waals surface area contributed by atoms with Gasteiger partial charge in [0.1, 0.15) is 0 Å². The minimum atomic E-state index is 0.225. The van der Waals surface area contributed by atoms with Crippen LogP contribution in [0.15, 0.2) is 18.2 Å². The van der Waals surface area contributed by atoms with Gasteiger partial charge in [-0.2, -0.15) is 5.26 Å². The second kappa shape index (κ2) is 5.60. The monoisotopic (exact) mass is 263 g/mol. The molecule has 1 N–H and O–H groups in total. The lowest BCUT2D eigenvalue weighted by Crippen LogP contribution is -2.55. The predicted octanol–water partition coefficient (Wildman–Crippen LogP) is 2.73. The number of anilines is 1. The first-order chi connectivity index (χ1) is 8.63. The maximum absolute atomic E-state index is 8.94. The van der Waals surface area contributed by atoms with E-state index in [1.165, 1.54) is 0 Å². The van der Waals surface area contributed by atoms with Gasteiger partial charge in [0.2, 0.25) is 0 Å². The Morgan fingerprint density at radius 2 is 2.33 bits per heavy atom. The average molecular weight is 264 g/mol. The molecule has 1 aliphatic heterocycles. The van der Waals surface area contributed by atoms with Crippen molar-refractivity contribution in [3.05, 3.63) is 28.8 Å². The van der Waals surface area contributed by atoms with Crippen LogP contribution in [-0.2, 0) is 0 Å². The Bertz CT molecular complexity index is 467. The maximum atomic E-state index is 8.94. The van der Waals surface area contributed by atoms with Crippen molar-refractivity contribution in [3.8, 4) is 6.07 Å². The average Bonchev–Trinajstić information content (AvgIpc) is 2.35. The van der Waals surface area contributed by atoms with E-state index in [9.17, 15) is 0 Å². The fourth-order valence-corrected chi connectivity index (χ4v) is 2.62. The van der Waals surface area contributed by atoms with Crippen LogP contribution in [0.4, 0.5) is 5.69 Å². The molecule has 0 radical (unpaired) electrons. The Labute approximate surface area is 113 Å². The van der Waals surface area contributed by atoms with Crippen LogP contribution in [-0.4, -0.2) is 25.2 Å². The van der Waals surface area contributed by atoms with E-state index in [1.54, 1.807) is 0 Å². The third kappa shape index (κ3) is 2.60. The van der Waals surface area contributed by atoms with Crippen molar-refractivity contribution >= 4 is 17.3 Å². The molecule has 0 bridgehead atoms. The van der Waals surface area contributed by atoms with Gasteiger partial charge in [0.25, 0.3) is 0 Å². The van der Waals surface area contributed by atoms with E-state index >= 15 is 0 Å². The standard InChI is InChI=1S/C14H18ClN3/c1-10-9-18(12(6-7-16)8-17-10)14-5-3-4-13(15)11(14)2/h3-5,10,12,17H,6,8-9H2,1-2H3. The van der Waals surface area contributed by atoms with Crippen molar-refractivity contribution in [3.63, 3.8) is 0 Å². The summed E-state index contributed by atoms with van der Waals surface area (Å²) in [6.45, 7) is 5.96. The zero-order valence-electron chi connectivity index (χ0n) is 10.8. The second-order valence-corrected chi connectivity index (χ2v) is 5.27. The lowest BCUT2D eigenvalue weighted by molar-refractivity contribution is 0.411. The molecule has 2 unspecified atom stereocenters. The highest BCUT2D eigenvalue weighted by Gasteiger charge is 2.26. The third-order valence-corrected chi connectivity index (χ3v) is 3.90. The van der Waals surface area contributed by atoms with Crippen molar-refractivity contribution < 1.29 is 0 Å². The molecular formula is C14H18ClN3. The van der Waals surface area contributed by atoms with Crippen LogP contribution < -0.4 is 10.2 Å². The van der Waals surface area contributed by atoms with Crippen molar-refractivity contribution in [2.45, 2.75) is 32.4 Å². The molecule has 96 valence electrons. The summed E-state index contributed by atoms with van der Waals surface area (Å²) in [5, 5.41) is 13.2. The van der Waals surface area contributed by atoms with Crippen LogP contribution in [0.1, 0.15) is 18.9 Å². The Balaban J connectivity index is 2.32. The number of piperazine rings is 1. The zero-order valence-corrected chi connectivity index (χ0v) is 11.5. The van der Waals surface area contributed by atoms with Gasteiger partial charge in [0.15, 0.2) is 0 Å². The van der Waals surface area contributed by atoms with E-state index in [1.807, 2.05) is 19.1 Å². The van der Waals surface area contributed by atoms with Crippen molar-refractivity contribution in [1.82, 2.24) is 5.32 Å². The van der Waals surface area contributed by atoms with Crippen molar-refractivity contribution in [1.29, 1.82) is 5.26 Å². The Morgan fingerprint density at radius 3 is 3.06 bits per heavy atom. The molecule has 0 saturated carbocycles. The van der Waals surface area contributed by atoms with Gasteiger partial charge < -0.3 is 10.2 Å². The zero-order chi connectivity index (χ0) is 13.1. The first kappa shape index (κ1) is 13.2. The number of hydrogen-bond donors (Lipinski definition) is 1. The molecule has 1 aromatic rings. The molecule has 3 nitrogen and oxygen atoms in total. The first-order valence-corrected chi connectivity index (χ1v) is 6.63. The van der Waals surface area contributed by atoms with Gasteiger partial charge in [-0.05, 0) is 31.5 Å². The van der Waals surface area contributed by atoms with Crippen LogP contribution in [0.2, 0.25) is 5.02 Å². The third-order valence-electron chi connectivity index (χ3n) is 3.49. The molecule has 1 saturated heterocycles. The summed E-state index contributed by atoms with van der Waals surface area (Å²) >= 11 is 6.19. The molecular weight excluding hydrogens is 246 g/mol. The molecule has 0 aliphatic carbocycles. The number of halogens is 1. The number of benzene rings is 1. The molecule has 0 spiro atoms. The smallest absolute Gasteiger partial charge is 0.0643 e. The molecule has 1 aliphatic rings.